The van der Waals surface area contributed by atoms with E-state index in [1.807, 2.05) is 0 Å². The van der Waals surface area contributed by atoms with E-state index in [0.29, 0.717) is 5.92 Å². The summed E-state index contributed by atoms with van der Waals surface area (Å²) >= 11 is 0. The summed E-state index contributed by atoms with van der Waals surface area (Å²) in [6.45, 7) is 11.1. The van der Waals surface area contributed by atoms with E-state index in [-0.39, 0.29) is 0 Å². The Hall–Kier alpha value is -1.86. The molecular weight excluding hydrogens is 290 g/mol. The van der Waals surface area contributed by atoms with Gasteiger partial charge in [0.05, 0.1) is 0 Å². The van der Waals surface area contributed by atoms with Crippen LogP contribution in [0.5, 0.6) is 0 Å². The van der Waals surface area contributed by atoms with E-state index in [0.717, 1.165) is 13.1 Å². The molecule has 1 nitrogen and oxygen atoms in total. The monoisotopic (exact) mass is 319 g/mol. The Morgan fingerprint density at radius 2 is 1.79 bits per heavy atom. The standard InChI is InChI=1S/C23H29N/c1-5-6-13-24-15-22-20-10-8-7-9-19(20)11-12-21(22)23-17(3)14-16(2)18(23)4/h7-12,14,23-24H,5-6,13,15H2,1-4H3. The second-order valence-corrected chi connectivity index (χ2v) is 7.07. The van der Waals surface area contributed by atoms with Crippen LogP contribution in [-0.4, -0.2) is 6.54 Å². The van der Waals surface area contributed by atoms with Crippen LogP contribution in [-0.2, 0) is 6.54 Å². The highest BCUT2D eigenvalue weighted by molar-refractivity contribution is 5.87. The Morgan fingerprint density at radius 1 is 1.00 bits per heavy atom. The minimum atomic E-state index is 0.442. The Kier molecular flexibility index (Phi) is 5.20. The maximum Gasteiger partial charge on any atom is 0.0264 e. The smallest absolute Gasteiger partial charge is 0.0264 e. The van der Waals surface area contributed by atoms with Crippen molar-refractivity contribution in [3.05, 3.63) is 70.3 Å². The molecule has 1 aliphatic rings. The number of rotatable bonds is 6. The predicted octanol–water partition coefficient (Wildman–Crippen LogP) is 6.11. The highest BCUT2D eigenvalue weighted by atomic mass is 14.8. The van der Waals surface area contributed by atoms with Crippen molar-refractivity contribution in [3.8, 4) is 0 Å². The maximum absolute atomic E-state index is 3.66. The molecule has 0 fully saturated rings. The van der Waals surface area contributed by atoms with Crippen molar-refractivity contribution in [2.45, 2.75) is 53.0 Å². The first-order chi connectivity index (χ1) is 11.6. The number of unbranched alkanes of at least 4 members (excludes halogenated alkanes) is 1. The van der Waals surface area contributed by atoms with Crippen molar-refractivity contribution in [3.63, 3.8) is 0 Å². The number of nitrogens with one attached hydrogen (secondary N) is 1. The molecule has 126 valence electrons. The number of fused-ring (bicyclic) bond motifs is 1. The molecule has 24 heavy (non-hydrogen) atoms. The molecule has 2 aromatic rings. The van der Waals surface area contributed by atoms with Gasteiger partial charge in [-0.3, -0.25) is 0 Å². The Bertz CT molecular complexity index is 795. The van der Waals surface area contributed by atoms with Crippen molar-refractivity contribution in [2.24, 2.45) is 0 Å². The lowest BCUT2D eigenvalue weighted by atomic mass is 9.84. The first-order valence-corrected chi connectivity index (χ1v) is 9.20. The topological polar surface area (TPSA) is 12.0 Å². The summed E-state index contributed by atoms with van der Waals surface area (Å²) in [5, 5.41) is 6.40. The van der Waals surface area contributed by atoms with Crippen LogP contribution in [0.2, 0.25) is 0 Å². The quantitative estimate of drug-likeness (QED) is 0.633. The summed E-state index contributed by atoms with van der Waals surface area (Å²) in [7, 11) is 0. The fraction of sp³-hybridized carbons (Fsp3) is 0.391. The third-order valence-electron chi connectivity index (χ3n) is 5.35. The number of allylic oxidation sites excluding steroid dienone is 4. The Labute approximate surface area is 146 Å². The fourth-order valence-electron chi connectivity index (χ4n) is 3.92. The highest BCUT2D eigenvalue weighted by Crippen LogP contribution is 2.42. The minimum Gasteiger partial charge on any atom is -0.313 e. The molecule has 1 heteroatoms. The predicted molar refractivity (Wildman–Crippen MR) is 105 cm³/mol. The van der Waals surface area contributed by atoms with Crippen molar-refractivity contribution < 1.29 is 0 Å². The molecule has 0 radical (unpaired) electrons. The molecule has 1 aliphatic carbocycles. The van der Waals surface area contributed by atoms with Crippen molar-refractivity contribution in [1.29, 1.82) is 0 Å². The van der Waals surface area contributed by atoms with Gasteiger partial charge in [0, 0.05) is 12.5 Å². The third-order valence-corrected chi connectivity index (χ3v) is 5.35. The fourth-order valence-corrected chi connectivity index (χ4v) is 3.92. The van der Waals surface area contributed by atoms with Crippen LogP contribution in [0.1, 0.15) is 57.6 Å². The second-order valence-electron chi connectivity index (χ2n) is 7.07. The zero-order valence-electron chi connectivity index (χ0n) is 15.4. The molecule has 2 aromatic carbocycles. The zero-order valence-corrected chi connectivity index (χ0v) is 15.4. The van der Waals surface area contributed by atoms with Gasteiger partial charge in [0.1, 0.15) is 0 Å². The first kappa shape index (κ1) is 17.0. The third kappa shape index (κ3) is 3.18. The number of hydrogen-bond donors (Lipinski definition) is 1. The van der Waals surface area contributed by atoms with Crippen LogP contribution >= 0.6 is 0 Å². The molecule has 1 unspecified atom stereocenters. The van der Waals surface area contributed by atoms with Gasteiger partial charge in [-0.1, -0.05) is 72.5 Å². The molecule has 3 rings (SSSR count). The molecule has 0 amide bonds. The largest absolute Gasteiger partial charge is 0.313 e. The normalized spacial score (nSPS) is 17.7. The summed E-state index contributed by atoms with van der Waals surface area (Å²) in [6, 6.07) is 13.4. The van der Waals surface area contributed by atoms with Crippen LogP contribution in [0.3, 0.4) is 0 Å². The van der Waals surface area contributed by atoms with E-state index >= 15 is 0 Å². The molecule has 1 N–H and O–H groups in total. The first-order valence-electron chi connectivity index (χ1n) is 9.20. The summed E-state index contributed by atoms with van der Waals surface area (Å²) in [5.41, 5.74) is 7.33. The minimum absolute atomic E-state index is 0.442. The van der Waals surface area contributed by atoms with Gasteiger partial charge in [0.2, 0.25) is 0 Å². The maximum atomic E-state index is 3.66. The van der Waals surface area contributed by atoms with Gasteiger partial charge in [-0.25, -0.2) is 0 Å². The lowest BCUT2D eigenvalue weighted by molar-refractivity contribution is 0.639. The van der Waals surface area contributed by atoms with Gasteiger partial charge in [0.25, 0.3) is 0 Å². The van der Waals surface area contributed by atoms with Crippen LogP contribution in [0.25, 0.3) is 10.8 Å². The van der Waals surface area contributed by atoms with Gasteiger partial charge in [-0.05, 0) is 55.6 Å². The molecule has 0 spiro atoms. The Morgan fingerprint density at radius 3 is 2.50 bits per heavy atom. The molecule has 0 saturated heterocycles. The molecule has 0 aromatic heterocycles. The zero-order chi connectivity index (χ0) is 17.1. The van der Waals surface area contributed by atoms with Gasteiger partial charge in [-0.15, -0.1) is 0 Å². The number of hydrogen-bond acceptors (Lipinski definition) is 1. The molecule has 0 saturated carbocycles. The summed E-state index contributed by atoms with van der Waals surface area (Å²) in [6.07, 6.45) is 4.82. The van der Waals surface area contributed by atoms with E-state index in [2.05, 4.69) is 75.5 Å². The average molecular weight is 319 g/mol. The molecule has 0 heterocycles. The van der Waals surface area contributed by atoms with E-state index < -0.39 is 0 Å². The molecule has 1 atom stereocenters. The van der Waals surface area contributed by atoms with Crippen LogP contribution < -0.4 is 5.32 Å². The van der Waals surface area contributed by atoms with Crippen LogP contribution in [0, 0.1) is 0 Å². The van der Waals surface area contributed by atoms with E-state index in [9.17, 15) is 0 Å². The van der Waals surface area contributed by atoms with Crippen molar-refractivity contribution in [1.82, 2.24) is 5.32 Å². The van der Waals surface area contributed by atoms with E-state index in [4.69, 9.17) is 0 Å². The lowest BCUT2D eigenvalue weighted by Crippen LogP contribution is -2.17. The lowest BCUT2D eigenvalue weighted by Gasteiger charge is -2.22. The second kappa shape index (κ2) is 7.36. The van der Waals surface area contributed by atoms with Gasteiger partial charge < -0.3 is 5.32 Å². The number of benzene rings is 2. The molecular formula is C23H29N. The summed E-state index contributed by atoms with van der Waals surface area (Å²) in [4.78, 5) is 0. The molecule has 0 bridgehead atoms. The van der Waals surface area contributed by atoms with Crippen LogP contribution in [0.4, 0.5) is 0 Å². The molecule has 0 aliphatic heterocycles. The Balaban J connectivity index is 2.05. The van der Waals surface area contributed by atoms with E-state index in [1.54, 1.807) is 0 Å². The van der Waals surface area contributed by atoms with Gasteiger partial charge in [-0.2, -0.15) is 0 Å². The van der Waals surface area contributed by atoms with Crippen LogP contribution in [0.15, 0.2) is 59.2 Å². The highest BCUT2D eigenvalue weighted by Gasteiger charge is 2.25. The van der Waals surface area contributed by atoms with Gasteiger partial charge in [0.15, 0.2) is 0 Å². The van der Waals surface area contributed by atoms with Gasteiger partial charge >= 0.3 is 0 Å². The van der Waals surface area contributed by atoms with Crippen molar-refractivity contribution in [2.75, 3.05) is 6.54 Å². The SMILES string of the molecule is CCCCNCc1c(C2C(C)=CC(C)=C2C)ccc2ccccc12. The average Bonchev–Trinajstić information content (AvgIpc) is 2.84. The van der Waals surface area contributed by atoms with Crippen molar-refractivity contribution >= 4 is 10.8 Å². The summed E-state index contributed by atoms with van der Waals surface area (Å²) in [5.74, 6) is 0.442. The van der Waals surface area contributed by atoms with E-state index in [1.165, 1.54) is 51.5 Å². The summed E-state index contributed by atoms with van der Waals surface area (Å²) < 4.78 is 0.